The van der Waals surface area contributed by atoms with Crippen molar-refractivity contribution in [2.75, 3.05) is 13.2 Å². The number of aliphatic hydroxyl groups is 1. The van der Waals surface area contributed by atoms with Crippen molar-refractivity contribution in [2.24, 2.45) is 5.73 Å². The Balaban J connectivity index is 2.12. The molecule has 0 saturated heterocycles. The van der Waals surface area contributed by atoms with Gasteiger partial charge in [0, 0.05) is 24.7 Å². The summed E-state index contributed by atoms with van der Waals surface area (Å²) >= 11 is 0. The van der Waals surface area contributed by atoms with Crippen molar-refractivity contribution in [1.29, 1.82) is 0 Å². The predicted molar refractivity (Wildman–Crippen MR) is 74.7 cm³/mol. The maximum Gasteiger partial charge on any atom is 0.254 e. The topological polar surface area (TPSA) is 66.6 Å². The van der Waals surface area contributed by atoms with Crippen LogP contribution in [0.2, 0.25) is 0 Å². The molecule has 4 heteroatoms. The first-order valence-electron chi connectivity index (χ1n) is 6.97. The lowest BCUT2D eigenvalue weighted by Gasteiger charge is -2.28. The van der Waals surface area contributed by atoms with Crippen LogP contribution >= 0.6 is 0 Å². The van der Waals surface area contributed by atoms with Crippen molar-refractivity contribution in [1.82, 2.24) is 4.90 Å². The van der Waals surface area contributed by atoms with E-state index in [2.05, 4.69) is 0 Å². The lowest BCUT2D eigenvalue weighted by molar-refractivity contribution is 0.0638. The highest BCUT2D eigenvalue weighted by molar-refractivity contribution is 5.94. The van der Waals surface area contributed by atoms with Gasteiger partial charge in [-0.25, -0.2) is 0 Å². The highest BCUT2D eigenvalue weighted by atomic mass is 16.3. The van der Waals surface area contributed by atoms with Crippen LogP contribution in [-0.2, 0) is 6.54 Å². The second-order valence-electron chi connectivity index (χ2n) is 5.06. The minimum absolute atomic E-state index is 0.0170. The fourth-order valence-electron chi connectivity index (χ4n) is 2.72. The quantitative estimate of drug-likeness (QED) is 0.845. The summed E-state index contributed by atoms with van der Waals surface area (Å²) in [5, 5.41) is 9.16. The fourth-order valence-corrected chi connectivity index (χ4v) is 2.72. The Morgan fingerprint density at radius 2 is 1.89 bits per heavy atom. The van der Waals surface area contributed by atoms with Crippen LogP contribution in [-0.4, -0.2) is 35.1 Å². The summed E-state index contributed by atoms with van der Waals surface area (Å²) in [6, 6.07) is 7.71. The van der Waals surface area contributed by atoms with Crippen LogP contribution in [0.3, 0.4) is 0 Å². The molecule has 0 aliphatic heterocycles. The number of benzene rings is 1. The molecule has 1 aromatic carbocycles. The van der Waals surface area contributed by atoms with Gasteiger partial charge in [-0.15, -0.1) is 0 Å². The van der Waals surface area contributed by atoms with Gasteiger partial charge in [0.2, 0.25) is 0 Å². The lowest BCUT2D eigenvalue weighted by atomic mass is 10.1. The first-order chi connectivity index (χ1) is 9.26. The zero-order valence-corrected chi connectivity index (χ0v) is 11.2. The van der Waals surface area contributed by atoms with E-state index < -0.39 is 0 Å². The van der Waals surface area contributed by atoms with Crippen molar-refractivity contribution in [3.63, 3.8) is 0 Å². The number of nitrogens with two attached hydrogens (primary N) is 1. The van der Waals surface area contributed by atoms with Gasteiger partial charge in [-0.2, -0.15) is 0 Å². The number of carbonyl (C=O) groups excluding carboxylic acids is 1. The molecule has 1 saturated carbocycles. The second-order valence-corrected chi connectivity index (χ2v) is 5.06. The molecule has 1 aromatic rings. The molecule has 0 bridgehead atoms. The summed E-state index contributed by atoms with van der Waals surface area (Å²) in [6.45, 7) is 0.919. The minimum Gasteiger partial charge on any atom is -0.395 e. The van der Waals surface area contributed by atoms with E-state index in [9.17, 15) is 4.79 Å². The largest absolute Gasteiger partial charge is 0.395 e. The molecule has 0 spiro atoms. The van der Waals surface area contributed by atoms with E-state index in [1.165, 1.54) is 12.8 Å². The molecule has 0 aromatic heterocycles. The number of nitrogens with zero attached hydrogens (tertiary/aromatic N) is 1. The summed E-state index contributed by atoms with van der Waals surface area (Å²) in [6.07, 6.45) is 4.44. The van der Waals surface area contributed by atoms with Crippen molar-refractivity contribution in [2.45, 2.75) is 38.3 Å². The number of hydrogen-bond acceptors (Lipinski definition) is 3. The molecule has 1 fully saturated rings. The van der Waals surface area contributed by atoms with Gasteiger partial charge in [-0.3, -0.25) is 4.79 Å². The molecule has 0 unspecified atom stereocenters. The van der Waals surface area contributed by atoms with E-state index in [1.807, 2.05) is 29.2 Å². The number of hydrogen-bond donors (Lipinski definition) is 2. The van der Waals surface area contributed by atoms with Gasteiger partial charge in [0.25, 0.3) is 5.91 Å². The van der Waals surface area contributed by atoms with E-state index >= 15 is 0 Å². The molecular formula is C15H22N2O2. The Morgan fingerprint density at radius 1 is 1.26 bits per heavy atom. The summed E-state index contributed by atoms with van der Waals surface area (Å²) in [5.41, 5.74) is 7.25. The zero-order chi connectivity index (χ0) is 13.7. The molecule has 0 atom stereocenters. The third-order valence-corrected chi connectivity index (χ3v) is 3.80. The van der Waals surface area contributed by atoms with Crippen molar-refractivity contribution >= 4 is 5.91 Å². The molecule has 0 radical (unpaired) electrons. The van der Waals surface area contributed by atoms with E-state index in [1.54, 1.807) is 0 Å². The molecule has 1 aliphatic rings. The van der Waals surface area contributed by atoms with Crippen LogP contribution in [0.15, 0.2) is 24.3 Å². The van der Waals surface area contributed by atoms with Crippen LogP contribution in [0.5, 0.6) is 0 Å². The molecule has 1 amide bonds. The molecule has 0 heterocycles. The fraction of sp³-hybridized carbons (Fsp3) is 0.533. The zero-order valence-electron chi connectivity index (χ0n) is 11.2. The van der Waals surface area contributed by atoms with Gasteiger partial charge < -0.3 is 15.7 Å². The average Bonchev–Trinajstić information content (AvgIpc) is 2.98. The molecule has 4 nitrogen and oxygen atoms in total. The van der Waals surface area contributed by atoms with Crippen LogP contribution in [0.4, 0.5) is 0 Å². The molecule has 104 valence electrons. The Labute approximate surface area is 114 Å². The number of rotatable bonds is 5. The Morgan fingerprint density at radius 3 is 2.42 bits per heavy atom. The summed E-state index contributed by atoms with van der Waals surface area (Å²) in [7, 11) is 0. The lowest BCUT2D eigenvalue weighted by Crippen LogP contribution is -2.40. The molecule has 3 N–H and O–H groups in total. The van der Waals surface area contributed by atoms with Gasteiger partial charge in [-0.05, 0) is 30.5 Å². The van der Waals surface area contributed by atoms with Crippen LogP contribution in [0.25, 0.3) is 0 Å². The Kier molecular flexibility index (Phi) is 4.93. The highest BCUT2D eigenvalue weighted by Crippen LogP contribution is 2.24. The predicted octanol–water partition coefficient (Wildman–Crippen LogP) is 1.52. The number of carbonyl (C=O) groups is 1. The average molecular weight is 262 g/mol. The van der Waals surface area contributed by atoms with E-state index in [0.29, 0.717) is 18.7 Å². The third kappa shape index (κ3) is 3.33. The Hall–Kier alpha value is -1.39. The normalized spacial score (nSPS) is 15.7. The van der Waals surface area contributed by atoms with Crippen molar-refractivity contribution in [3.05, 3.63) is 35.4 Å². The van der Waals surface area contributed by atoms with Gasteiger partial charge in [0.1, 0.15) is 0 Å². The Bertz CT molecular complexity index is 411. The molecular weight excluding hydrogens is 240 g/mol. The van der Waals surface area contributed by atoms with Crippen LogP contribution < -0.4 is 5.73 Å². The number of amides is 1. The van der Waals surface area contributed by atoms with Gasteiger partial charge in [0.15, 0.2) is 0 Å². The summed E-state index contributed by atoms with van der Waals surface area (Å²) < 4.78 is 0. The molecule has 1 aliphatic carbocycles. The van der Waals surface area contributed by atoms with Crippen LogP contribution in [0, 0.1) is 0 Å². The second kappa shape index (κ2) is 6.68. The molecule has 2 rings (SSSR count). The van der Waals surface area contributed by atoms with Gasteiger partial charge in [0.05, 0.1) is 6.61 Å². The SMILES string of the molecule is NCc1ccc(C(=O)N(CCO)C2CCCC2)cc1. The van der Waals surface area contributed by atoms with E-state index in [-0.39, 0.29) is 18.6 Å². The summed E-state index contributed by atoms with van der Waals surface area (Å²) in [5.74, 6) is 0.0181. The monoisotopic (exact) mass is 262 g/mol. The molecule has 19 heavy (non-hydrogen) atoms. The third-order valence-electron chi connectivity index (χ3n) is 3.80. The first-order valence-corrected chi connectivity index (χ1v) is 6.97. The van der Waals surface area contributed by atoms with Crippen LogP contribution in [0.1, 0.15) is 41.6 Å². The highest BCUT2D eigenvalue weighted by Gasteiger charge is 2.26. The summed E-state index contributed by atoms with van der Waals surface area (Å²) in [4.78, 5) is 14.3. The smallest absolute Gasteiger partial charge is 0.254 e. The number of aliphatic hydroxyl groups excluding tert-OH is 1. The first kappa shape index (κ1) is 14.0. The van der Waals surface area contributed by atoms with E-state index in [4.69, 9.17) is 10.8 Å². The maximum atomic E-state index is 12.5. The van der Waals surface area contributed by atoms with Crippen molar-refractivity contribution in [3.8, 4) is 0 Å². The van der Waals surface area contributed by atoms with Crippen molar-refractivity contribution < 1.29 is 9.90 Å². The standard InChI is InChI=1S/C15H22N2O2/c16-11-12-5-7-13(8-6-12)15(19)17(9-10-18)14-3-1-2-4-14/h5-8,14,18H,1-4,9-11,16H2. The van der Waals surface area contributed by atoms with Gasteiger partial charge >= 0.3 is 0 Å². The van der Waals surface area contributed by atoms with E-state index in [0.717, 1.165) is 18.4 Å². The van der Waals surface area contributed by atoms with Gasteiger partial charge in [-0.1, -0.05) is 25.0 Å². The minimum atomic E-state index is 0.0170. The maximum absolute atomic E-state index is 12.5.